The molecular weight excluding hydrogens is 240 g/mol. The highest BCUT2D eigenvalue weighted by Crippen LogP contribution is 2.26. The second kappa shape index (κ2) is 5.53. The molecule has 2 heterocycles. The van der Waals surface area contributed by atoms with E-state index in [1.165, 1.54) is 0 Å². The molecule has 0 spiro atoms. The van der Waals surface area contributed by atoms with Gasteiger partial charge in [0.1, 0.15) is 0 Å². The number of nitrogens with zero attached hydrogens (tertiary/aromatic N) is 2. The number of rotatable bonds is 3. The fourth-order valence-electron chi connectivity index (χ4n) is 2.50. The van der Waals surface area contributed by atoms with E-state index < -0.39 is 5.60 Å². The third-order valence-electron chi connectivity index (χ3n) is 3.45. The topological polar surface area (TPSA) is 53.4 Å². The summed E-state index contributed by atoms with van der Waals surface area (Å²) in [4.78, 5) is 17.9. The molecule has 0 saturated carbocycles. The highest BCUT2D eigenvalue weighted by molar-refractivity contribution is 5.92. The second-order valence-corrected chi connectivity index (χ2v) is 5.46. The molecule has 0 radical (unpaired) electrons. The van der Waals surface area contributed by atoms with Crippen LogP contribution in [0.4, 0.5) is 0 Å². The quantitative estimate of drug-likeness (QED) is 0.844. The summed E-state index contributed by atoms with van der Waals surface area (Å²) in [5.74, 6) is -0.0477. The highest BCUT2D eigenvalue weighted by atomic mass is 16.3. The molecule has 0 aromatic carbocycles. The lowest BCUT2D eigenvalue weighted by Crippen LogP contribution is -2.47. The maximum absolute atomic E-state index is 12.2. The van der Waals surface area contributed by atoms with E-state index >= 15 is 0 Å². The standard InChI is InChI=1S/C15H20N2O2/c1-15(2,19)13-6-4-10-17(13)14(18)8-7-12-5-3-9-16-11-12/h3,5,7-9,11,13,19H,4,6,10H2,1-2H3/b8-7+. The highest BCUT2D eigenvalue weighted by Gasteiger charge is 2.37. The fourth-order valence-corrected chi connectivity index (χ4v) is 2.50. The van der Waals surface area contributed by atoms with Crippen molar-refractivity contribution in [2.24, 2.45) is 0 Å². The number of pyridine rings is 1. The lowest BCUT2D eigenvalue weighted by Gasteiger charge is -2.33. The SMILES string of the molecule is CC(C)(O)C1CCCN1C(=O)/C=C/c1cccnc1. The Morgan fingerprint density at radius 3 is 3.00 bits per heavy atom. The monoisotopic (exact) mass is 260 g/mol. The van der Waals surface area contributed by atoms with E-state index in [0.717, 1.165) is 18.4 Å². The van der Waals surface area contributed by atoms with Crippen molar-refractivity contribution in [1.29, 1.82) is 0 Å². The molecular formula is C15H20N2O2. The average molecular weight is 260 g/mol. The van der Waals surface area contributed by atoms with Crippen molar-refractivity contribution in [2.45, 2.75) is 38.3 Å². The predicted octanol–water partition coefficient (Wildman–Crippen LogP) is 1.86. The minimum Gasteiger partial charge on any atom is -0.388 e. The van der Waals surface area contributed by atoms with E-state index in [1.807, 2.05) is 12.1 Å². The first kappa shape index (κ1) is 13.7. The molecule has 19 heavy (non-hydrogen) atoms. The average Bonchev–Trinajstić information content (AvgIpc) is 2.86. The van der Waals surface area contributed by atoms with Crippen LogP contribution in [0, 0.1) is 0 Å². The summed E-state index contributed by atoms with van der Waals surface area (Å²) in [6, 6.07) is 3.63. The molecule has 0 aliphatic carbocycles. The van der Waals surface area contributed by atoms with Crippen LogP contribution in [0.3, 0.4) is 0 Å². The van der Waals surface area contributed by atoms with Gasteiger partial charge in [-0.3, -0.25) is 9.78 Å². The molecule has 4 heteroatoms. The van der Waals surface area contributed by atoms with Crippen LogP contribution in [0.25, 0.3) is 6.08 Å². The van der Waals surface area contributed by atoms with Gasteiger partial charge in [0.15, 0.2) is 0 Å². The Morgan fingerprint density at radius 1 is 1.58 bits per heavy atom. The van der Waals surface area contributed by atoms with Crippen molar-refractivity contribution < 1.29 is 9.90 Å². The van der Waals surface area contributed by atoms with Crippen molar-refractivity contribution in [2.75, 3.05) is 6.54 Å². The first-order valence-electron chi connectivity index (χ1n) is 6.59. The van der Waals surface area contributed by atoms with E-state index in [2.05, 4.69) is 4.98 Å². The van der Waals surface area contributed by atoms with Gasteiger partial charge in [0, 0.05) is 25.0 Å². The number of aromatic nitrogens is 1. The minimum atomic E-state index is -0.853. The van der Waals surface area contributed by atoms with Gasteiger partial charge < -0.3 is 10.0 Å². The van der Waals surface area contributed by atoms with Crippen molar-refractivity contribution in [3.8, 4) is 0 Å². The van der Waals surface area contributed by atoms with Crippen LogP contribution in [0.15, 0.2) is 30.6 Å². The first-order valence-corrected chi connectivity index (χ1v) is 6.59. The molecule has 1 amide bonds. The normalized spacial score (nSPS) is 20.2. The number of amides is 1. The zero-order valence-corrected chi connectivity index (χ0v) is 11.4. The Morgan fingerprint density at radius 2 is 2.37 bits per heavy atom. The molecule has 1 N–H and O–H groups in total. The molecule has 1 aromatic heterocycles. The van der Waals surface area contributed by atoms with Crippen LogP contribution >= 0.6 is 0 Å². The van der Waals surface area contributed by atoms with Crippen LogP contribution in [0.5, 0.6) is 0 Å². The van der Waals surface area contributed by atoms with Crippen LogP contribution in [-0.4, -0.2) is 39.1 Å². The largest absolute Gasteiger partial charge is 0.388 e. The molecule has 1 aliphatic heterocycles. The van der Waals surface area contributed by atoms with Gasteiger partial charge in [-0.25, -0.2) is 0 Å². The van der Waals surface area contributed by atoms with E-state index in [9.17, 15) is 9.90 Å². The lowest BCUT2D eigenvalue weighted by molar-refractivity contribution is -0.131. The number of carbonyl (C=O) groups excluding carboxylic acids is 1. The Hall–Kier alpha value is -1.68. The Labute approximate surface area is 113 Å². The molecule has 1 aromatic rings. The van der Waals surface area contributed by atoms with Crippen LogP contribution in [0.2, 0.25) is 0 Å². The third kappa shape index (κ3) is 3.41. The summed E-state index contributed by atoms with van der Waals surface area (Å²) in [7, 11) is 0. The molecule has 4 nitrogen and oxygen atoms in total. The van der Waals surface area contributed by atoms with E-state index in [1.54, 1.807) is 43.3 Å². The van der Waals surface area contributed by atoms with Gasteiger partial charge in [0.2, 0.25) is 5.91 Å². The van der Waals surface area contributed by atoms with Crippen LogP contribution in [-0.2, 0) is 4.79 Å². The summed E-state index contributed by atoms with van der Waals surface area (Å²) >= 11 is 0. The van der Waals surface area contributed by atoms with Gasteiger partial charge in [-0.1, -0.05) is 6.07 Å². The number of hydrogen-bond donors (Lipinski definition) is 1. The maximum atomic E-state index is 12.2. The van der Waals surface area contributed by atoms with Crippen LogP contribution < -0.4 is 0 Å². The number of aliphatic hydroxyl groups is 1. The lowest BCUT2D eigenvalue weighted by atomic mass is 9.96. The summed E-state index contributed by atoms with van der Waals surface area (Å²) in [5, 5.41) is 10.1. The number of hydrogen-bond acceptors (Lipinski definition) is 3. The van der Waals surface area contributed by atoms with Gasteiger partial charge in [-0.15, -0.1) is 0 Å². The Balaban J connectivity index is 2.06. The van der Waals surface area contributed by atoms with Crippen molar-refractivity contribution >= 4 is 12.0 Å². The van der Waals surface area contributed by atoms with Crippen LogP contribution in [0.1, 0.15) is 32.3 Å². The zero-order valence-electron chi connectivity index (χ0n) is 11.4. The molecule has 1 saturated heterocycles. The molecule has 1 unspecified atom stereocenters. The number of likely N-dealkylation sites (tertiary alicyclic amines) is 1. The molecule has 1 atom stereocenters. The van der Waals surface area contributed by atoms with E-state index in [4.69, 9.17) is 0 Å². The Kier molecular flexibility index (Phi) is 4.00. The summed E-state index contributed by atoms with van der Waals surface area (Å²) in [5.41, 5.74) is 0.0451. The van der Waals surface area contributed by atoms with Gasteiger partial charge in [0.25, 0.3) is 0 Å². The Bertz CT molecular complexity index is 463. The predicted molar refractivity (Wildman–Crippen MR) is 74.3 cm³/mol. The minimum absolute atomic E-state index is 0.0477. The molecule has 0 bridgehead atoms. The maximum Gasteiger partial charge on any atom is 0.246 e. The molecule has 102 valence electrons. The molecule has 2 rings (SSSR count). The summed E-state index contributed by atoms with van der Waals surface area (Å²) < 4.78 is 0. The smallest absolute Gasteiger partial charge is 0.246 e. The third-order valence-corrected chi connectivity index (χ3v) is 3.45. The van der Waals surface area contributed by atoms with Gasteiger partial charge in [0.05, 0.1) is 11.6 Å². The van der Waals surface area contributed by atoms with Crippen molar-refractivity contribution in [1.82, 2.24) is 9.88 Å². The summed E-state index contributed by atoms with van der Waals surface area (Å²) in [6.07, 6.45) is 8.53. The second-order valence-electron chi connectivity index (χ2n) is 5.46. The first-order chi connectivity index (χ1) is 8.98. The van der Waals surface area contributed by atoms with Crippen molar-refractivity contribution in [3.63, 3.8) is 0 Å². The fraction of sp³-hybridized carbons (Fsp3) is 0.467. The van der Waals surface area contributed by atoms with E-state index in [-0.39, 0.29) is 11.9 Å². The molecule has 1 aliphatic rings. The zero-order chi connectivity index (χ0) is 13.9. The molecule has 1 fully saturated rings. The van der Waals surface area contributed by atoms with Crippen molar-refractivity contribution in [3.05, 3.63) is 36.2 Å². The van der Waals surface area contributed by atoms with Gasteiger partial charge in [-0.2, -0.15) is 0 Å². The summed E-state index contributed by atoms with van der Waals surface area (Å²) in [6.45, 7) is 4.23. The van der Waals surface area contributed by atoms with Gasteiger partial charge in [-0.05, 0) is 44.4 Å². The van der Waals surface area contributed by atoms with E-state index in [0.29, 0.717) is 6.54 Å². The van der Waals surface area contributed by atoms with Gasteiger partial charge >= 0.3 is 0 Å². The number of carbonyl (C=O) groups is 1.